The van der Waals surface area contributed by atoms with Crippen molar-refractivity contribution in [2.24, 2.45) is 0 Å². The van der Waals surface area contributed by atoms with Gasteiger partial charge < -0.3 is 24.4 Å². The summed E-state index contributed by atoms with van der Waals surface area (Å²) in [6.45, 7) is 3.49. The lowest BCUT2D eigenvalue weighted by Crippen LogP contribution is -2.29. The molecule has 0 amide bonds. The molecule has 9 nitrogen and oxygen atoms in total. The highest BCUT2D eigenvalue weighted by Crippen LogP contribution is 2.36. The van der Waals surface area contributed by atoms with Crippen molar-refractivity contribution in [2.45, 2.75) is 199 Å². The van der Waals surface area contributed by atoms with Crippen LogP contribution in [0.5, 0.6) is 0 Å². The Hall–Kier alpha value is -2.29. The Morgan fingerprint density at radius 3 is 1.60 bits per heavy atom. The van der Waals surface area contributed by atoms with E-state index in [9.17, 15) is 19.3 Å². The highest BCUT2D eigenvalue weighted by molar-refractivity contribution is 7.46. The predicted octanol–water partition coefficient (Wildman–Crippen LogP) is 12.3. The molecule has 0 saturated heterocycles. The number of unbranched alkanes of at least 4 members (excludes halogenated alkanes) is 18. The van der Waals surface area contributed by atoms with Crippen LogP contribution in [0.1, 0.15) is 187 Å². The number of aliphatic hydroxyl groups is 1. The van der Waals surface area contributed by atoms with E-state index >= 15 is 0 Å². The van der Waals surface area contributed by atoms with Crippen molar-refractivity contribution in [1.29, 1.82) is 0 Å². The fourth-order valence-electron chi connectivity index (χ4n) is 5.82. The van der Waals surface area contributed by atoms with Gasteiger partial charge in [0.15, 0.2) is 6.10 Å². The normalized spacial score (nSPS) is 13.6. The second-order valence-corrected chi connectivity index (χ2v) is 15.8. The van der Waals surface area contributed by atoms with Crippen LogP contribution < -0.4 is 0 Å². The fourth-order valence-corrected chi connectivity index (χ4v) is 6.18. The third-order valence-electron chi connectivity index (χ3n) is 9.11. The maximum Gasteiger partial charge on any atom is 0.469 e. The first-order valence-electron chi connectivity index (χ1n) is 21.7. The first-order chi connectivity index (χ1) is 26.7. The summed E-state index contributed by atoms with van der Waals surface area (Å²) in [5.74, 6) is -1.09. The van der Waals surface area contributed by atoms with Gasteiger partial charge in [-0.2, -0.15) is 0 Å². The third kappa shape index (κ3) is 42.7. The zero-order valence-electron chi connectivity index (χ0n) is 34.7. The number of allylic oxidation sites excluding steroid dienone is 9. The largest absolute Gasteiger partial charge is 0.469 e. The number of phosphoric ester groups is 1. The fraction of sp³-hybridized carbons (Fsp3) is 0.733. The lowest BCUT2D eigenvalue weighted by atomic mass is 10.1. The van der Waals surface area contributed by atoms with Crippen LogP contribution in [0, 0.1) is 0 Å². The Morgan fingerprint density at radius 1 is 0.564 bits per heavy atom. The van der Waals surface area contributed by atoms with Crippen LogP contribution in [0.2, 0.25) is 0 Å². The zero-order valence-corrected chi connectivity index (χ0v) is 35.6. The summed E-state index contributed by atoms with van der Waals surface area (Å²) >= 11 is 0. The minimum absolute atomic E-state index is 0.0405. The molecule has 0 heterocycles. The molecule has 2 atom stereocenters. The molecule has 0 aromatic rings. The van der Waals surface area contributed by atoms with Crippen molar-refractivity contribution in [3.8, 4) is 0 Å². The zero-order chi connectivity index (χ0) is 40.5. The van der Waals surface area contributed by atoms with Gasteiger partial charge in [-0.25, -0.2) is 4.57 Å². The number of hydrogen-bond donors (Lipinski definition) is 3. The van der Waals surface area contributed by atoms with Crippen LogP contribution in [0.3, 0.4) is 0 Å². The standard InChI is InChI=1S/C45H79O9P/c1-3-5-7-9-11-13-15-17-18-19-20-21-22-24-26-28-30-32-34-38-45(48)54-43(41-53-55(49,50)51)40-52-44(47)39-35-37-42(46)36-33-31-29-27-25-23-16-14-12-10-8-6-4-2/h11,13,17-18,23,25,29,31,33,36,42-43,46H,3-10,12,14-16,19-22,24,26-28,30,32,34-35,37-41H2,1-2H3,(H2,49,50,51)/b13-11-,18-17-,25-23+,31-29+,36-33+/t42?,43-/m1/s1. The number of carbonyl (C=O) groups is 2. The summed E-state index contributed by atoms with van der Waals surface area (Å²) in [7, 11) is -4.80. The van der Waals surface area contributed by atoms with E-state index in [-0.39, 0.29) is 19.4 Å². The number of esters is 2. The SMILES string of the molecule is CCCCC/C=C\C/C=C\CCCCCCCCCCCC(=O)O[C@H](COC(=O)CCCC(O)/C=C/C=C/C/C=C/CCCCCCCC)COP(=O)(O)O. The number of phosphoric acid groups is 1. The number of hydrogen-bond acceptors (Lipinski definition) is 7. The predicted molar refractivity (Wildman–Crippen MR) is 227 cm³/mol. The van der Waals surface area contributed by atoms with E-state index in [1.807, 2.05) is 12.2 Å². The summed E-state index contributed by atoms with van der Waals surface area (Å²) in [5.41, 5.74) is 0. The molecule has 318 valence electrons. The molecule has 3 N–H and O–H groups in total. The summed E-state index contributed by atoms with van der Waals surface area (Å²) < 4.78 is 26.3. The van der Waals surface area contributed by atoms with Crippen LogP contribution in [0.15, 0.2) is 60.8 Å². The Bertz CT molecular complexity index is 1090. The second kappa shape index (κ2) is 39.9. The highest BCUT2D eigenvalue weighted by Gasteiger charge is 2.23. The molecule has 0 bridgehead atoms. The topological polar surface area (TPSA) is 140 Å². The number of rotatable bonds is 39. The minimum Gasteiger partial charge on any atom is -0.462 e. The van der Waals surface area contributed by atoms with Gasteiger partial charge in [-0.1, -0.05) is 164 Å². The van der Waals surface area contributed by atoms with E-state index in [0.29, 0.717) is 19.3 Å². The van der Waals surface area contributed by atoms with Crippen molar-refractivity contribution in [3.05, 3.63) is 60.8 Å². The maximum atomic E-state index is 12.4. The molecular formula is C45H79O9P. The van der Waals surface area contributed by atoms with Crippen LogP contribution in [0.4, 0.5) is 0 Å². The van der Waals surface area contributed by atoms with Gasteiger partial charge in [0.05, 0.1) is 12.7 Å². The lowest BCUT2D eigenvalue weighted by Gasteiger charge is -2.18. The minimum atomic E-state index is -4.80. The number of aliphatic hydroxyl groups excluding tert-OH is 1. The Morgan fingerprint density at radius 2 is 1.04 bits per heavy atom. The monoisotopic (exact) mass is 795 g/mol. The van der Waals surface area contributed by atoms with Crippen molar-refractivity contribution in [1.82, 2.24) is 0 Å². The van der Waals surface area contributed by atoms with E-state index in [2.05, 4.69) is 54.8 Å². The van der Waals surface area contributed by atoms with E-state index < -0.39 is 38.6 Å². The van der Waals surface area contributed by atoms with Gasteiger partial charge in [0, 0.05) is 12.8 Å². The van der Waals surface area contributed by atoms with E-state index in [1.165, 1.54) is 96.3 Å². The van der Waals surface area contributed by atoms with Crippen LogP contribution in [-0.4, -0.2) is 52.3 Å². The molecule has 0 spiro atoms. The van der Waals surface area contributed by atoms with Crippen LogP contribution >= 0.6 is 7.82 Å². The Kier molecular flexibility index (Phi) is 38.3. The third-order valence-corrected chi connectivity index (χ3v) is 9.60. The van der Waals surface area contributed by atoms with E-state index in [0.717, 1.165) is 44.9 Å². The molecule has 0 radical (unpaired) electrons. The first-order valence-corrected chi connectivity index (χ1v) is 23.2. The molecule has 0 fully saturated rings. The molecule has 1 unspecified atom stereocenters. The highest BCUT2D eigenvalue weighted by atomic mass is 31.2. The quantitative estimate of drug-likeness (QED) is 0.0182. The summed E-state index contributed by atoms with van der Waals surface area (Å²) in [4.78, 5) is 42.9. The average molecular weight is 795 g/mol. The Labute approximate surface area is 335 Å². The molecule has 0 aliphatic carbocycles. The number of ether oxygens (including phenoxy) is 2. The molecule has 55 heavy (non-hydrogen) atoms. The average Bonchev–Trinajstić information content (AvgIpc) is 3.15. The van der Waals surface area contributed by atoms with Gasteiger partial charge in [0.2, 0.25) is 0 Å². The van der Waals surface area contributed by atoms with Crippen molar-refractivity contribution in [2.75, 3.05) is 13.2 Å². The molecule has 0 saturated carbocycles. The summed E-state index contributed by atoms with van der Waals surface area (Å²) in [6.07, 6.45) is 46.8. The molecule has 10 heteroatoms. The van der Waals surface area contributed by atoms with Gasteiger partial charge in [0.25, 0.3) is 0 Å². The molecule has 0 aromatic heterocycles. The number of carbonyl (C=O) groups excluding carboxylic acids is 2. The maximum absolute atomic E-state index is 12.4. The van der Waals surface area contributed by atoms with Gasteiger partial charge in [-0.05, 0) is 70.6 Å². The van der Waals surface area contributed by atoms with Crippen LogP contribution in [0.25, 0.3) is 0 Å². The van der Waals surface area contributed by atoms with Crippen molar-refractivity contribution < 1.29 is 43.0 Å². The molecule has 0 aliphatic heterocycles. The van der Waals surface area contributed by atoms with Crippen molar-refractivity contribution in [3.63, 3.8) is 0 Å². The van der Waals surface area contributed by atoms with E-state index in [1.54, 1.807) is 12.2 Å². The second-order valence-electron chi connectivity index (χ2n) is 14.5. The van der Waals surface area contributed by atoms with E-state index in [4.69, 9.17) is 19.3 Å². The molecule has 0 aromatic carbocycles. The Balaban J connectivity index is 4.08. The lowest BCUT2D eigenvalue weighted by molar-refractivity contribution is -0.161. The van der Waals surface area contributed by atoms with Crippen molar-refractivity contribution >= 4 is 19.8 Å². The summed E-state index contributed by atoms with van der Waals surface area (Å²) in [6, 6.07) is 0. The van der Waals surface area contributed by atoms with Gasteiger partial charge >= 0.3 is 19.8 Å². The molecular weight excluding hydrogens is 715 g/mol. The smallest absolute Gasteiger partial charge is 0.462 e. The van der Waals surface area contributed by atoms with Crippen LogP contribution in [-0.2, 0) is 28.2 Å². The van der Waals surface area contributed by atoms with Gasteiger partial charge in [0.1, 0.15) is 6.61 Å². The molecule has 0 rings (SSSR count). The first kappa shape index (κ1) is 52.7. The molecule has 0 aliphatic rings. The summed E-state index contributed by atoms with van der Waals surface area (Å²) in [5, 5.41) is 10.2. The van der Waals surface area contributed by atoms with Gasteiger partial charge in [-0.3, -0.25) is 14.1 Å². The van der Waals surface area contributed by atoms with Gasteiger partial charge in [-0.15, -0.1) is 0 Å².